The molecule has 3 rings (SSSR count). The summed E-state index contributed by atoms with van der Waals surface area (Å²) in [6, 6.07) is 14.7. The van der Waals surface area contributed by atoms with Crippen LogP contribution < -0.4 is 10.2 Å². The first-order chi connectivity index (χ1) is 12.0. The van der Waals surface area contributed by atoms with Crippen molar-refractivity contribution in [3.8, 4) is 5.75 Å². The van der Waals surface area contributed by atoms with E-state index in [0.717, 1.165) is 42.0 Å². The number of nitrogens with one attached hydrogen (secondary N) is 1. The Hall–Kier alpha value is -2.05. The molecule has 0 radical (unpaired) electrons. The fourth-order valence-electron chi connectivity index (χ4n) is 2.98. The van der Waals surface area contributed by atoms with Gasteiger partial charge in [-0.15, -0.1) is 0 Å². The molecule has 0 aliphatic carbocycles. The Balaban J connectivity index is 1.53. The van der Waals surface area contributed by atoms with Crippen LogP contribution >= 0.6 is 15.9 Å². The number of phenolic OH excluding ortho intramolecular Hbond substituents is 1. The Bertz CT molecular complexity index is 710. The van der Waals surface area contributed by atoms with E-state index in [0.29, 0.717) is 0 Å². The lowest BCUT2D eigenvalue weighted by Gasteiger charge is -2.38. The number of carbonyl (C=O) groups excluding carboxylic acids is 1. The third-order valence-corrected chi connectivity index (χ3v) is 5.10. The zero-order chi connectivity index (χ0) is 17.8. The van der Waals surface area contributed by atoms with Gasteiger partial charge in [0.1, 0.15) is 5.75 Å². The topological polar surface area (TPSA) is 55.8 Å². The van der Waals surface area contributed by atoms with Gasteiger partial charge in [0, 0.05) is 42.0 Å². The van der Waals surface area contributed by atoms with Crippen LogP contribution in [0.5, 0.6) is 5.75 Å². The van der Waals surface area contributed by atoms with Gasteiger partial charge in [-0.25, -0.2) is 0 Å². The maximum atomic E-state index is 12.5. The van der Waals surface area contributed by atoms with Crippen LogP contribution in [0.15, 0.2) is 53.0 Å². The summed E-state index contributed by atoms with van der Waals surface area (Å²) < 4.78 is 0.990. The van der Waals surface area contributed by atoms with Crippen LogP contribution in [0.4, 0.5) is 11.4 Å². The molecule has 1 atom stereocenters. The first kappa shape index (κ1) is 17.8. The normalized spacial score (nSPS) is 16.5. The second-order valence-corrected chi connectivity index (χ2v) is 7.13. The van der Waals surface area contributed by atoms with Crippen molar-refractivity contribution >= 4 is 33.2 Å². The summed E-state index contributed by atoms with van der Waals surface area (Å²) in [5.41, 5.74) is 1.91. The first-order valence-electron chi connectivity index (χ1n) is 8.37. The predicted octanol–water partition coefficient (Wildman–Crippen LogP) is 3.30. The molecule has 2 N–H and O–H groups in total. The van der Waals surface area contributed by atoms with Crippen molar-refractivity contribution in [2.24, 2.45) is 0 Å². The van der Waals surface area contributed by atoms with E-state index in [1.165, 1.54) is 0 Å². The Morgan fingerprint density at radius 3 is 2.24 bits per heavy atom. The highest BCUT2D eigenvalue weighted by Gasteiger charge is 2.25. The summed E-state index contributed by atoms with van der Waals surface area (Å²) in [5, 5.41) is 12.4. The molecule has 0 unspecified atom stereocenters. The SMILES string of the molecule is C[C@H](C(=O)Nc1ccc(Br)cc1)N1CCN(c2ccc(O)cc2)CC1. The zero-order valence-corrected chi connectivity index (χ0v) is 15.7. The molecule has 0 saturated carbocycles. The Morgan fingerprint density at radius 2 is 1.64 bits per heavy atom. The molecule has 1 aliphatic heterocycles. The Kier molecular flexibility index (Phi) is 5.60. The van der Waals surface area contributed by atoms with Crippen molar-refractivity contribution in [3.63, 3.8) is 0 Å². The van der Waals surface area contributed by atoms with Gasteiger partial charge in [0.05, 0.1) is 6.04 Å². The minimum absolute atomic E-state index is 0.0143. The molecule has 0 spiro atoms. The van der Waals surface area contributed by atoms with Gasteiger partial charge in [0.25, 0.3) is 0 Å². The van der Waals surface area contributed by atoms with Gasteiger partial charge in [-0.1, -0.05) is 15.9 Å². The third kappa shape index (κ3) is 4.52. The number of anilines is 2. The van der Waals surface area contributed by atoms with Crippen LogP contribution in [0.25, 0.3) is 0 Å². The summed E-state index contributed by atoms with van der Waals surface area (Å²) in [6.45, 7) is 5.33. The van der Waals surface area contributed by atoms with E-state index in [-0.39, 0.29) is 17.7 Å². The van der Waals surface area contributed by atoms with Crippen molar-refractivity contribution in [1.82, 2.24) is 4.90 Å². The Morgan fingerprint density at radius 1 is 1.04 bits per heavy atom. The summed E-state index contributed by atoms with van der Waals surface area (Å²) in [5.74, 6) is 0.293. The molecule has 1 amide bonds. The van der Waals surface area contributed by atoms with Gasteiger partial charge < -0.3 is 15.3 Å². The molecular formula is C19H22BrN3O2. The quantitative estimate of drug-likeness (QED) is 0.821. The summed E-state index contributed by atoms with van der Waals surface area (Å²) in [7, 11) is 0. The molecule has 1 aliphatic rings. The third-order valence-electron chi connectivity index (χ3n) is 4.57. The minimum atomic E-state index is -0.175. The van der Waals surface area contributed by atoms with Crippen LogP contribution in [-0.4, -0.2) is 48.1 Å². The van der Waals surface area contributed by atoms with E-state index in [9.17, 15) is 9.90 Å². The van der Waals surface area contributed by atoms with E-state index in [1.54, 1.807) is 12.1 Å². The van der Waals surface area contributed by atoms with Crippen LogP contribution in [0.3, 0.4) is 0 Å². The number of halogens is 1. The highest BCUT2D eigenvalue weighted by atomic mass is 79.9. The molecule has 1 heterocycles. The summed E-state index contributed by atoms with van der Waals surface area (Å²) >= 11 is 3.39. The molecule has 1 fully saturated rings. The number of rotatable bonds is 4. The van der Waals surface area contributed by atoms with E-state index >= 15 is 0 Å². The molecule has 132 valence electrons. The van der Waals surface area contributed by atoms with Crippen molar-refractivity contribution in [1.29, 1.82) is 0 Å². The standard InChI is InChI=1S/C19H22BrN3O2/c1-14(19(25)21-16-4-2-15(20)3-5-16)22-10-12-23(13-11-22)17-6-8-18(24)9-7-17/h2-9,14,24H,10-13H2,1H3,(H,21,25)/t14-/m1/s1. The number of nitrogens with zero attached hydrogens (tertiary/aromatic N) is 2. The van der Waals surface area contributed by atoms with Crippen LogP contribution in [0.2, 0.25) is 0 Å². The number of phenols is 1. The predicted molar refractivity (Wildman–Crippen MR) is 104 cm³/mol. The molecule has 6 heteroatoms. The molecule has 2 aromatic carbocycles. The lowest BCUT2D eigenvalue weighted by molar-refractivity contribution is -0.120. The van der Waals surface area contributed by atoms with Crippen molar-refractivity contribution in [2.75, 3.05) is 36.4 Å². The van der Waals surface area contributed by atoms with Crippen molar-refractivity contribution in [3.05, 3.63) is 53.0 Å². The van der Waals surface area contributed by atoms with Crippen LogP contribution in [0.1, 0.15) is 6.92 Å². The van der Waals surface area contributed by atoms with Crippen LogP contribution in [-0.2, 0) is 4.79 Å². The molecule has 25 heavy (non-hydrogen) atoms. The number of carbonyl (C=O) groups is 1. The highest BCUT2D eigenvalue weighted by molar-refractivity contribution is 9.10. The van der Waals surface area contributed by atoms with Gasteiger partial charge in [-0.05, 0) is 55.5 Å². The van der Waals surface area contributed by atoms with E-state index in [2.05, 4.69) is 31.0 Å². The number of benzene rings is 2. The molecule has 5 nitrogen and oxygen atoms in total. The van der Waals surface area contributed by atoms with Gasteiger partial charge in [0.15, 0.2) is 0 Å². The zero-order valence-electron chi connectivity index (χ0n) is 14.2. The molecule has 0 bridgehead atoms. The largest absolute Gasteiger partial charge is 0.508 e. The molecular weight excluding hydrogens is 382 g/mol. The second kappa shape index (κ2) is 7.89. The first-order valence-corrected chi connectivity index (χ1v) is 9.17. The minimum Gasteiger partial charge on any atom is -0.508 e. The summed E-state index contributed by atoms with van der Waals surface area (Å²) in [6.07, 6.45) is 0. The smallest absolute Gasteiger partial charge is 0.241 e. The molecule has 2 aromatic rings. The maximum absolute atomic E-state index is 12.5. The van der Waals surface area contributed by atoms with E-state index in [1.807, 2.05) is 43.3 Å². The highest BCUT2D eigenvalue weighted by Crippen LogP contribution is 2.21. The van der Waals surface area contributed by atoms with Gasteiger partial charge in [-0.2, -0.15) is 0 Å². The number of amides is 1. The maximum Gasteiger partial charge on any atom is 0.241 e. The molecule has 1 saturated heterocycles. The Labute approximate surface area is 156 Å². The van der Waals surface area contributed by atoms with E-state index < -0.39 is 0 Å². The average Bonchev–Trinajstić information content (AvgIpc) is 2.64. The second-order valence-electron chi connectivity index (χ2n) is 6.21. The van der Waals surface area contributed by atoms with Crippen molar-refractivity contribution in [2.45, 2.75) is 13.0 Å². The van der Waals surface area contributed by atoms with E-state index in [4.69, 9.17) is 0 Å². The monoisotopic (exact) mass is 403 g/mol. The number of aromatic hydroxyl groups is 1. The number of piperazine rings is 1. The lowest BCUT2D eigenvalue weighted by Crippen LogP contribution is -2.52. The molecule has 0 aromatic heterocycles. The lowest BCUT2D eigenvalue weighted by atomic mass is 10.2. The average molecular weight is 404 g/mol. The van der Waals surface area contributed by atoms with Crippen molar-refractivity contribution < 1.29 is 9.90 Å². The van der Waals surface area contributed by atoms with Gasteiger partial charge >= 0.3 is 0 Å². The van der Waals surface area contributed by atoms with Gasteiger partial charge in [0.2, 0.25) is 5.91 Å². The fourth-order valence-corrected chi connectivity index (χ4v) is 3.24. The number of hydrogen-bond donors (Lipinski definition) is 2. The van der Waals surface area contributed by atoms with Gasteiger partial charge in [-0.3, -0.25) is 9.69 Å². The number of hydrogen-bond acceptors (Lipinski definition) is 4. The fraction of sp³-hybridized carbons (Fsp3) is 0.316. The summed E-state index contributed by atoms with van der Waals surface area (Å²) in [4.78, 5) is 17.0. The van der Waals surface area contributed by atoms with Crippen LogP contribution in [0, 0.1) is 0 Å².